The van der Waals surface area contributed by atoms with Crippen molar-refractivity contribution in [2.24, 2.45) is 0 Å². The maximum absolute atomic E-state index is 13.7. The highest BCUT2D eigenvalue weighted by atomic mass is 19.1. The van der Waals surface area contributed by atoms with Gasteiger partial charge in [-0.1, -0.05) is 31.2 Å². The second-order valence-electron chi connectivity index (χ2n) is 5.69. The average molecular weight is 285 g/mol. The van der Waals surface area contributed by atoms with E-state index in [4.69, 9.17) is 0 Å². The molecule has 1 unspecified atom stereocenters. The van der Waals surface area contributed by atoms with Crippen LogP contribution in [0.3, 0.4) is 0 Å². The molecule has 0 saturated carbocycles. The third-order valence-corrected chi connectivity index (χ3v) is 3.98. The summed E-state index contributed by atoms with van der Waals surface area (Å²) < 4.78 is 13.7. The fraction of sp³-hybridized carbons (Fsp3) is 0.368. The molecule has 2 aromatic rings. The third-order valence-electron chi connectivity index (χ3n) is 3.98. The fourth-order valence-corrected chi connectivity index (χ4v) is 2.86. The van der Waals surface area contributed by atoms with E-state index in [2.05, 4.69) is 44.3 Å². The number of rotatable bonds is 5. The van der Waals surface area contributed by atoms with Gasteiger partial charge >= 0.3 is 0 Å². The summed E-state index contributed by atoms with van der Waals surface area (Å²) in [5.74, 6) is -0.176. The second-order valence-corrected chi connectivity index (χ2v) is 5.69. The van der Waals surface area contributed by atoms with Gasteiger partial charge in [0, 0.05) is 0 Å². The number of nitrogens with one attached hydrogen (secondary N) is 1. The summed E-state index contributed by atoms with van der Waals surface area (Å²) in [4.78, 5) is 0. The molecule has 2 aromatic carbocycles. The van der Waals surface area contributed by atoms with Gasteiger partial charge in [-0.15, -0.1) is 0 Å². The lowest BCUT2D eigenvalue weighted by molar-refractivity contribution is 0.579. The first-order valence-electron chi connectivity index (χ1n) is 7.60. The van der Waals surface area contributed by atoms with Crippen LogP contribution in [-0.4, -0.2) is 6.54 Å². The minimum atomic E-state index is -0.176. The van der Waals surface area contributed by atoms with Crippen molar-refractivity contribution in [3.8, 4) is 0 Å². The van der Waals surface area contributed by atoms with E-state index in [1.807, 2.05) is 13.0 Å². The van der Waals surface area contributed by atoms with E-state index < -0.39 is 0 Å². The van der Waals surface area contributed by atoms with Gasteiger partial charge in [0.25, 0.3) is 0 Å². The van der Waals surface area contributed by atoms with Gasteiger partial charge in [-0.3, -0.25) is 0 Å². The lowest BCUT2D eigenvalue weighted by Gasteiger charge is -2.25. The van der Waals surface area contributed by atoms with E-state index in [0.29, 0.717) is 0 Å². The van der Waals surface area contributed by atoms with E-state index in [0.717, 1.165) is 24.1 Å². The van der Waals surface area contributed by atoms with Gasteiger partial charge in [0.1, 0.15) is 5.82 Å². The molecule has 0 heterocycles. The first-order chi connectivity index (χ1) is 10.0. The smallest absolute Gasteiger partial charge is 0.123 e. The number of aryl methyl sites for hydroxylation is 3. The summed E-state index contributed by atoms with van der Waals surface area (Å²) >= 11 is 0. The molecule has 2 heteroatoms. The molecule has 0 spiro atoms. The quantitative estimate of drug-likeness (QED) is 0.829. The van der Waals surface area contributed by atoms with Crippen molar-refractivity contribution in [1.82, 2.24) is 5.32 Å². The van der Waals surface area contributed by atoms with Crippen molar-refractivity contribution in [2.45, 2.75) is 40.2 Å². The zero-order valence-corrected chi connectivity index (χ0v) is 13.3. The summed E-state index contributed by atoms with van der Waals surface area (Å²) in [6.07, 6.45) is 1.05. The van der Waals surface area contributed by atoms with Crippen molar-refractivity contribution < 1.29 is 4.39 Å². The minimum Gasteiger partial charge on any atom is -0.306 e. The summed E-state index contributed by atoms with van der Waals surface area (Å²) in [6, 6.07) is 11.4. The van der Waals surface area contributed by atoms with Crippen LogP contribution in [0, 0.1) is 26.6 Å². The van der Waals surface area contributed by atoms with Gasteiger partial charge in [-0.2, -0.15) is 0 Å². The maximum Gasteiger partial charge on any atom is 0.123 e. The van der Waals surface area contributed by atoms with Crippen LogP contribution in [0.5, 0.6) is 0 Å². The number of hydrogen-bond donors (Lipinski definition) is 1. The van der Waals surface area contributed by atoms with Crippen LogP contribution in [0.4, 0.5) is 4.39 Å². The van der Waals surface area contributed by atoms with E-state index in [1.54, 1.807) is 6.07 Å². The normalized spacial score (nSPS) is 12.4. The zero-order valence-electron chi connectivity index (χ0n) is 13.3. The minimum absolute atomic E-state index is 0.0434. The molecular formula is C19H24FN. The average Bonchev–Trinajstić information content (AvgIpc) is 2.45. The number of halogens is 1. The Morgan fingerprint density at radius 1 is 1.00 bits per heavy atom. The molecule has 0 aliphatic heterocycles. The van der Waals surface area contributed by atoms with E-state index in [9.17, 15) is 4.39 Å². The Bertz CT molecular complexity index is 599. The van der Waals surface area contributed by atoms with Crippen LogP contribution in [0.15, 0.2) is 36.4 Å². The molecule has 0 radical (unpaired) electrons. The van der Waals surface area contributed by atoms with Gasteiger partial charge < -0.3 is 5.32 Å². The summed E-state index contributed by atoms with van der Waals surface area (Å²) in [6.45, 7) is 9.35. The first-order valence-corrected chi connectivity index (χ1v) is 7.60. The van der Waals surface area contributed by atoms with Crippen LogP contribution < -0.4 is 5.32 Å². The van der Waals surface area contributed by atoms with Crippen LogP contribution in [0.25, 0.3) is 0 Å². The molecule has 2 rings (SSSR count). The molecule has 0 fully saturated rings. The van der Waals surface area contributed by atoms with Crippen molar-refractivity contribution in [1.29, 1.82) is 0 Å². The monoisotopic (exact) mass is 285 g/mol. The van der Waals surface area contributed by atoms with Gasteiger partial charge in [0.15, 0.2) is 0 Å². The van der Waals surface area contributed by atoms with Gasteiger partial charge in [0.05, 0.1) is 6.04 Å². The predicted octanol–water partition coefficient (Wildman–Crippen LogP) is 4.84. The SMILES string of the molecule is CCCNC(c1cc(F)ccc1C)c1c(C)cccc1C. The molecule has 1 nitrogen and oxygen atoms in total. The molecule has 21 heavy (non-hydrogen) atoms. The van der Waals surface area contributed by atoms with Crippen LogP contribution >= 0.6 is 0 Å². The van der Waals surface area contributed by atoms with E-state index >= 15 is 0 Å². The lowest BCUT2D eigenvalue weighted by atomic mass is 9.89. The molecule has 0 aromatic heterocycles. The van der Waals surface area contributed by atoms with Crippen molar-refractivity contribution in [3.05, 3.63) is 70.0 Å². The van der Waals surface area contributed by atoms with Crippen LogP contribution in [0.2, 0.25) is 0 Å². The zero-order chi connectivity index (χ0) is 15.4. The van der Waals surface area contributed by atoms with E-state index in [1.165, 1.54) is 22.8 Å². The van der Waals surface area contributed by atoms with E-state index in [-0.39, 0.29) is 11.9 Å². The molecular weight excluding hydrogens is 261 g/mol. The summed E-state index contributed by atoms with van der Waals surface area (Å²) in [5, 5.41) is 3.59. The highest BCUT2D eigenvalue weighted by Gasteiger charge is 2.19. The Balaban J connectivity index is 2.55. The molecule has 0 bridgehead atoms. The standard InChI is InChI=1S/C19H24FN/c1-5-11-21-19(17-12-16(20)10-9-13(17)2)18-14(3)7-6-8-15(18)4/h6-10,12,19,21H,5,11H2,1-4H3. The van der Waals surface area contributed by atoms with Crippen molar-refractivity contribution >= 4 is 0 Å². The van der Waals surface area contributed by atoms with Crippen LogP contribution in [0.1, 0.15) is 47.2 Å². The Morgan fingerprint density at radius 2 is 1.67 bits per heavy atom. The third kappa shape index (κ3) is 3.51. The van der Waals surface area contributed by atoms with Crippen molar-refractivity contribution in [2.75, 3.05) is 6.54 Å². The number of benzene rings is 2. The summed E-state index contributed by atoms with van der Waals surface area (Å²) in [7, 11) is 0. The molecule has 0 aliphatic carbocycles. The second kappa shape index (κ2) is 6.86. The Kier molecular flexibility index (Phi) is 5.13. The molecule has 0 saturated heterocycles. The molecule has 0 aliphatic rings. The Labute approximate surface area is 127 Å². The van der Waals surface area contributed by atoms with Crippen LogP contribution in [-0.2, 0) is 0 Å². The van der Waals surface area contributed by atoms with Gasteiger partial charge in [0.2, 0.25) is 0 Å². The largest absolute Gasteiger partial charge is 0.306 e. The first kappa shape index (κ1) is 15.7. The van der Waals surface area contributed by atoms with Crippen molar-refractivity contribution in [3.63, 3.8) is 0 Å². The highest BCUT2D eigenvalue weighted by Crippen LogP contribution is 2.30. The topological polar surface area (TPSA) is 12.0 Å². The molecule has 1 atom stereocenters. The summed E-state index contributed by atoms with van der Waals surface area (Å²) in [5.41, 5.74) is 5.90. The van der Waals surface area contributed by atoms with Gasteiger partial charge in [-0.25, -0.2) is 4.39 Å². The Morgan fingerprint density at radius 3 is 2.29 bits per heavy atom. The number of hydrogen-bond acceptors (Lipinski definition) is 1. The molecule has 0 amide bonds. The van der Waals surface area contributed by atoms with Gasteiger partial charge in [-0.05, 0) is 73.7 Å². The fourth-order valence-electron chi connectivity index (χ4n) is 2.86. The predicted molar refractivity (Wildman–Crippen MR) is 87.2 cm³/mol. The molecule has 112 valence electrons. The maximum atomic E-state index is 13.7. The lowest BCUT2D eigenvalue weighted by Crippen LogP contribution is -2.25. The molecule has 1 N–H and O–H groups in total. The Hall–Kier alpha value is -1.67. The highest BCUT2D eigenvalue weighted by molar-refractivity contribution is 5.44.